The highest BCUT2D eigenvalue weighted by Crippen LogP contribution is 2.18. The van der Waals surface area contributed by atoms with E-state index in [0.29, 0.717) is 25.3 Å². The summed E-state index contributed by atoms with van der Waals surface area (Å²) in [7, 11) is -3.74. The van der Waals surface area contributed by atoms with Crippen LogP contribution in [0.2, 0.25) is 0 Å². The van der Waals surface area contributed by atoms with Gasteiger partial charge in [-0.2, -0.15) is 0 Å². The van der Waals surface area contributed by atoms with Crippen LogP contribution in [-0.4, -0.2) is 34.1 Å². The lowest BCUT2D eigenvalue weighted by molar-refractivity contribution is 0.0913. The molecule has 6 nitrogen and oxygen atoms in total. The number of carbonyl (C=O) groups excluding carboxylic acids is 1. The normalized spacial score (nSPS) is 11.5. The molecule has 0 radical (unpaired) electrons. The summed E-state index contributed by atoms with van der Waals surface area (Å²) in [5.74, 6) is -0.328. The Balaban J connectivity index is 2.36. The van der Waals surface area contributed by atoms with Crippen LogP contribution in [0.3, 0.4) is 0 Å². The summed E-state index contributed by atoms with van der Waals surface area (Å²) < 4.78 is 27.4. The quantitative estimate of drug-likeness (QED) is 0.698. The first-order chi connectivity index (χ1) is 8.95. The van der Waals surface area contributed by atoms with E-state index in [1.807, 2.05) is 0 Å². The molecule has 0 atom stereocenters. The first-order valence-electron chi connectivity index (χ1n) is 5.92. The zero-order chi connectivity index (χ0) is 14.3. The Hall–Kier alpha value is -0.960. The van der Waals surface area contributed by atoms with Gasteiger partial charge in [-0.1, -0.05) is 13.3 Å². The molecule has 1 heterocycles. The lowest BCUT2D eigenvalue weighted by Gasteiger charge is -2.04. The molecule has 0 aromatic carbocycles. The Morgan fingerprint density at radius 1 is 1.47 bits per heavy atom. The van der Waals surface area contributed by atoms with E-state index in [-0.39, 0.29) is 10.1 Å². The molecular weight excluding hydrogens is 288 g/mol. The van der Waals surface area contributed by atoms with Crippen LogP contribution in [0.15, 0.2) is 15.7 Å². The minimum atomic E-state index is -3.74. The number of thiophene rings is 1. The van der Waals surface area contributed by atoms with Crippen LogP contribution in [0.25, 0.3) is 0 Å². The first-order valence-corrected chi connectivity index (χ1v) is 8.35. The number of nitrogens with one attached hydrogen (secondary N) is 1. The molecule has 8 heteroatoms. The van der Waals surface area contributed by atoms with Crippen LogP contribution in [0.5, 0.6) is 0 Å². The Morgan fingerprint density at radius 2 is 2.21 bits per heavy atom. The van der Waals surface area contributed by atoms with E-state index in [0.717, 1.165) is 24.2 Å². The maximum atomic E-state index is 11.7. The highest BCUT2D eigenvalue weighted by Gasteiger charge is 2.14. The van der Waals surface area contributed by atoms with Gasteiger partial charge in [-0.15, -0.1) is 11.3 Å². The summed E-state index contributed by atoms with van der Waals surface area (Å²) in [4.78, 5) is 11.7. The topological polar surface area (TPSA) is 98.5 Å². The highest BCUT2D eigenvalue weighted by molar-refractivity contribution is 7.91. The second kappa shape index (κ2) is 7.59. The fourth-order valence-electron chi connectivity index (χ4n) is 1.27. The summed E-state index contributed by atoms with van der Waals surface area (Å²) in [6.45, 7) is 3.59. The van der Waals surface area contributed by atoms with Crippen molar-refractivity contribution in [2.45, 2.75) is 24.0 Å². The summed E-state index contributed by atoms with van der Waals surface area (Å²) in [6, 6.07) is 1.27. The number of nitrogens with two attached hydrogens (primary N) is 1. The molecule has 108 valence electrons. The van der Waals surface area contributed by atoms with E-state index in [1.54, 1.807) is 0 Å². The lowest BCUT2D eigenvalue weighted by atomic mass is 10.3. The molecule has 19 heavy (non-hydrogen) atoms. The highest BCUT2D eigenvalue weighted by atomic mass is 32.2. The van der Waals surface area contributed by atoms with Crippen LogP contribution in [0.4, 0.5) is 0 Å². The van der Waals surface area contributed by atoms with Crippen molar-refractivity contribution < 1.29 is 17.9 Å². The molecule has 0 saturated heterocycles. The van der Waals surface area contributed by atoms with Gasteiger partial charge in [-0.25, -0.2) is 13.6 Å². The number of hydrogen-bond donors (Lipinski definition) is 2. The molecule has 1 aromatic heterocycles. The number of rotatable bonds is 8. The molecule has 0 aliphatic carbocycles. The molecule has 1 rings (SSSR count). The summed E-state index contributed by atoms with van der Waals surface area (Å²) >= 11 is 0.930. The molecule has 0 aliphatic heterocycles. The minimum absolute atomic E-state index is 0.0168. The van der Waals surface area contributed by atoms with Crippen molar-refractivity contribution in [3.05, 3.63) is 17.0 Å². The fourth-order valence-corrected chi connectivity index (χ4v) is 2.86. The van der Waals surface area contributed by atoms with Gasteiger partial charge >= 0.3 is 0 Å². The lowest BCUT2D eigenvalue weighted by Crippen LogP contribution is -2.27. The largest absolute Gasteiger partial charge is 0.380 e. The Bertz CT molecular complexity index is 511. The van der Waals surface area contributed by atoms with Gasteiger partial charge in [-0.05, 0) is 12.5 Å². The third kappa shape index (κ3) is 5.68. The minimum Gasteiger partial charge on any atom is -0.380 e. The third-order valence-corrected chi connectivity index (χ3v) is 4.68. The molecule has 0 bridgehead atoms. The van der Waals surface area contributed by atoms with Crippen molar-refractivity contribution in [2.75, 3.05) is 19.8 Å². The van der Waals surface area contributed by atoms with E-state index in [2.05, 4.69) is 12.2 Å². The van der Waals surface area contributed by atoms with Crippen LogP contribution in [0, 0.1) is 0 Å². The number of ether oxygens (including phenoxy) is 1. The molecule has 1 amide bonds. The van der Waals surface area contributed by atoms with E-state index in [1.165, 1.54) is 11.4 Å². The molecular formula is C11H18N2O4S2. The van der Waals surface area contributed by atoms with Crippen molar-refractivity contribution in [1.29, 1.82) is 0 Å². The smallest absolute Gasteiger partial charge is 0.252 e. The van der Waals surface area contributed by atoms with Crippen molar-refractivity contribution in [3.63, 3.8) is 0 Å². The number of carbonyl (C=O) groups is 1. The molecule has 0 spiro atoms. The van der Waals surface area contributed by atoms with Crippen LogP contribution >= 0.6 is 11.3 Å². The molecule has 0 aliphatic rings. The number of primary sulfonamides is 1. The van der Waals surface area contributed by atoms with E-state index < -0.39 is 10.0 Å². The molecule has 0 unspecified atom stereocenters. The average Bonchev–Trinajstić information content (AvgIpc) is 2.82. The first kappa shape index (κ1) is 16.1. The maximum Gasteiger partial charge on any atom is 0.252 e. The van der Waals surface area contributed by atoms with Crippen molar-refractivity contribution in [1.82, 2.24) is 5.32 Å². The second-order valence-corrected chi connectivity index (χ2v) is 6.62. The maximum absolute atomic E-state index is 11.7. The fraction of sp³-hybridized carbons (Fsp3) is 0.545. The predicted octanol–water partition coefficient (Wildman–Crippen LogP) is 0.942. The van der Waals surface area contributed by atoms with E-state index >= 15 is 0 Å². The van der Waals surface area contributed by atoms with Gasteiger partial charge in [0, 0.05) is 18.5 Å². The molecule has 3 N–H and O–H groups in total. The van der Waals surface area contributed by atoms with E-state index in [9.17, 15) is 13.2 Å². The third-order valence-electron chi connectivity index (χ3n) is 2.29. The predicted molar refractivity (Wildman–Crippen MR) is 73.8 cm³/mol. The molecule has 1 aromatic rings. The SMILES string of the molecule is CCCCOCCNC(=O)c1csc(S(N)(=O)=O)c1. The number of amides is 1. The van der Waals surface area contributed by atoms with Crippen LogP contribution < -0.4 is 10.5 Å². The van der Waals surface area contributed by atoms with Gasteiger partial charge in [0.05, 0.1) is 12.2 Å². The summed E-state index contributed by atoms with van der Waals surface area (Å²) in [6.07, 6.45) is 2.06. The summed E-state index contributed by atoms with van der Waals surface area (Å²) in [5.41, 5.74) is 0.294. The summed E-state index contributed by atoms with van der Waals surface area (Å²) in [5, 5.41) is 9.08. The van der Waals surface area contributed by atoms with Crippen molar-refractivity contribution >= 4 is 27.3 Å². The number of sulfonamides is 1. The van der Waals surface area contributed by atoms with E-state index in [4.69, 9.17) is 9.88 Å². The van der Waals surface area contributed by atoms with Crippen molar-refractivity contribution in [2.24, 2.45) is 5.14 Å². The van der Waals surface area contributed by atoms with Gasteiger partial charge in [-0.3, -0.25) is 4.79 Å². The zero-order valence-corrected chi connectivity index (χ0v) is 12.4. The Morgan fingerprint density at radius 3 is 2.79 bits per heavy atom. The number of hydrogen-bond acceptors (Lipinski definition) is 5. The number of unbranched alkanes of at least 4 members (excludes halogenated alkanes) is 1. The van der Waals surface area contributed by atoms with Crippen LogP contribution in [0.1, 0.15) is 30.1 Å². The Labute approximate surface area is 117 Å². The Kier molecular flexibility index (Phi) is 6.43. The standard InChI is InChI=1S/C11H18N2O4S2/c1-2-3-5-17-6-4-13-11(14)9-7-10(18-8-9)19(12,15)16/h7-8H,2-6H2,1H3,(H,13,14)(H2,12,15,16). The van der Waals surface area contributed by atoms with Gasteiger partial charge < -0.3 is 10.1 Å². The zero-order valence-electron chi connectivity index (χ0n) is 10.7. The molecule has 0 fully saturated rings. The van der Waals surface area contributed by atoms with Crippen molar-refractivity contribution in [3.8, 4) is 0 Å². The van der Waals surface area contributed by atoms with Gasteiger partial charge in [0.15, 0.2) is 0 Å². The second-order valence-electron chi connectivity index (χ2n) is 3.92. The monoisotopic (exact) mass is 306 g/mol. The van der Waals surface area contributed by atoms with Crippen LogP contribution in [-0.2, 0) is 14.8 Å². The van der Waals surface area contributed by atoms with Gasteiger partial charge in [0.1, 0.15) is 4.21 Å². The van der Waals surface area contributed by atoms with Gasteiger partial charge in [0.25, 0.3) is 5.91 Å². The molecule has 0 saturated carbocycles. The van der Waals surface area contributed by atoms with Gasteiger partial charge in [0.2, 0.25) is 10.0 Å². The average molecular weight is 306 g/mol.